The maximum absolute atomic E-state index is 13.5. The number of nitrogens with zero attached hydrogens (tertiary/aromatic N) is 1. The number of anilines is 1. The molecule has 0 atom stereocenters. The summed E-state index contributed by atoms with van der Waals surface area (Å²) in [6, 6.07) is 3.30. The third-order valence-electron chi connectivity index (χ3n) is 3.08. The van der Waals surface area contributed by atoms with Crippen LogP contribution in [0.4, 0.5) is 14.5 Å². The molecular formula is C15H20F2N2O3. The van der Waals surface area contributed by atoms with Crippen LogP contribution in [0.2, 0.25) is 0 Å². The molecule has 5 nitrogen and oxygen atoms in total. The fourth-order valence-corrected chi connectivity index (χ4v) is 1.91. The largest absolute Gasteiger partial charge is 0.395 e. The van der Waals surface area contributed by atoms with Crippen molar-refractivity contribution in [1.29, 1.82) is 0 Å². The van der Waals surface area contributed by atoms with Crippen molar-refractivity contribution in [3.05, 3.63) is 29.8 Å². The molecule has 0 bridgehead atoms. The van der Waals surface area contributed by atoms with Crippen molar-refractivity contribution in [2.24, 2.45) is 0 Å². The number of aliphatic hydroxyl groups excluding tert-OH is 1. The van der Waals surface area contributed by atoms with E-state index in [1.807, 2.05) is 6.92 Å². The zero-order valence-corrected chi connectivity index (χ0v) is 12.4. The molecule has 0 aromatic heterocycles. The van der Waals surface area contributed by atoms with Gasteiger partial charge >= 0.3 is 11.8 Å². The number of hydrogen-bond acceptors (Lipinski definition) is 3. The molecule has 0 unspecified atom stereocenters. The Morgan fingerprint density at radius 2 is 1.95 bits per heavy atom. The van der Waals surface area contributed by atoms with Gasteiger partial charge in [0.2, 0.25) is 0 Å². The molecule has 2 amide bonds. The van der Waals surface area contributed by atoms with E-state index < -0.39 is 29.1 Å². The standard InChI is InChI=1S/C15H20F2N2O3/c1-2-3-4-8-19(9-10-20)15(22)14(21)18-12-7-5-6-11(16)13(12)17/h5-7,20H,2-4,8-10H2,1H3,(H,18,21). The Kier molecular flexibility index (Phi) is 7.45. The summed E-state index contributed by atoms with van der Waals surface area (Å²) in [5.74, 6) is -4.27. The molecule has 7 heteroatoms. The van der Waals surface area contributed by atoms with Gasteiger partial charge in [0.25, 0.3) is 0 Å². The number of unbranched alkanes of at least 4 members (excludes halogenated alkanes) is 2. The number of hydrogen-bond donors (Lipinski definition) is 2. The number of carbonyl (C=O) groups excluding carboxylic acids is 2. The predicted molar refractivity (Wildman–Crippen MR) is 78.2 cm³/mol. The third kappa shape index (κ3) is 5.07. The monoisotopic (exact) mass is 314 g/mol. The highest BCUT2D eigenvalue weighted by atomic mass is 19.2. The SMILES string of the molecule is CCCCCN(CCO)C(=O)C(=O)Nc1cccc(F)c1F. The lowest BCUT2D eigenvalue weighted by molar-refractivity contribution is -0.143. The van der Waals surface area contributed by atoms with Crippen LogP contribution in [0, 0.1) is 11.6 Å². The van der Waals surface area contributed by atoms with Crippen molar-refractivity contribution in [3.8, 4) is 0 Å². The van der Waals surface area contributed by atoms with Crippen molar-refractivity contribution < 1.29 is 23.5 Å². The first-order chi connectivity index (χ1) is 10.5. The quantitative estimate of drug-likeness (QED) is 0.597. The van der Waals surface area contributed by atoms with Gasteiger partial charge in [-0.1, -0.05) is 25.8 Å². The van der Waals surface area contributed by atoms with Gasteiger partial charge in [0, 0.05) is 13.1 Å². The van der Waals surface area contributed by atoms with Gasteiger partial charge in [0.15, 0.2) is 11.6 Å². The molecule has 0 spiro atoms. The highest BCUT2D eigenvalue weighted by Crippen LogP contribution is 2.16. The predicted octanol–water partition coefficient (Wildman–Crippen LogP) is 1.91. The second-order valence-corrected chi connectivity index (χ2v) is 4.78. The second kappa shape index (κ2) is 9.09. The lowest BCUT2D eigenvalue weighted by Crippen LogP contribution is -2.41. The molecule has 1 aromatic rings. The van der Waals surface area contributed by atoms with Crippen molar-refractivity contribution in [3.63, 3.8) is 0 Å². The fraction of sp³-hybridized carbons (Fsp3) is 0.467. The zero-order chi connectivity index (χ0) is 16.5. The summed E-state index contributed by atoms with van der Waals surface area (Å²) in [5, 5.41) is 11.0. The Bertz CT molecular complexity index is 524. The number of carbonyl (C=O) groups is 2. The summed E-state index contributed by atoms with van der Waals surface area (Å²) in [7, 11) is 0. The highest BCUT2D eigenvalue weighted by Gasteiger charge is 2.22. The lowest BCUT2D eigenvalue weighted by Gasteiger charge is -2.21. The van der Waals surface area contributed by atoms with E-state index in [2.05, 4.69) is 5.32 Å². The van der Waals surface area contributed by atoms with Crippen molar-refractivity contribution in [1.82, 2.24) is 4.90 Å². The third-order valence-corrected chi connectivity index (χ3v) is 3.08. The van der Waals surface area contributed by atoms with Gasteiger partial charge < -0.3 is 15.3 Å². The van der Waals surface area contributed by atoms with Crippen LogP contribution in [0.1, 0.15) is 26.2 Å². The molecule has 0 fully saturated rings. The van der Waals surface area contributed by atoms with Crippen molar-refractivity contribution >= 4 is 17.5 Å². The van der Waals surface area contributed by atoms with E-state index in [9.17, 15) is 18.4 Å². The molecule has 1 aromatic carbocycles. The first-order valence-corrected chi connectivity index (χ1v) is 7.16. The summed E-state index contributed by atoms with van der Waals surface area (Å²) in [4.78, 5) is 25.1. The van der Waals surface area contributed by atoms with E-state index in [-0.39, 0.29) is 13.2 Å². The molecule has 0 aliphatic carbocycles. The van der Waals surface area contributed by atoms with Crippen LogP contribution in [-0.4, -0.2) is 41.5 Å². The van der Waals surface area contributed by atoms with Gasteiger partial charge in [-0.2, -0.15) is 0 Å². The molecule has 0 aliphatic rings. The van der Waals surface area contributed by atoms with Gasteiger partial charge in [-0.15, -0.1) is 0 Å². The van der Waals surface area contributed by atoms with Crippen LogP contribution in [0.15, 0.2) is 18.2 Å². The first-order valence-electron chi connectivity index (χ1n) is 7.16. The van der Waals surface area contributed by atoms with Crippen molar-refractivity contribution in [2.75, 3.05) is 25.0 Å². The minimum absolute atomic E-state index is 0.0155. The van der Waals surface area contributed by atoms with E-state index in [0.717, 1.165) is 25.0 Å². The number of aliphatic hydroxyl groups is 1. The Labute approximate surface area is 127 Å². The van der Waals surface area contributed by atoms with Gasteiger partial charge in [-0.25, -0.2) is 8.78 Å². The van der Waals surface area contributed by atoms with Crippen LogP contribution in [0.5, 0.6) is 0 Å². The smallest absolute Gasteiger partial charge is 0.313 e. The van der Waals surface area contributed by atoms with Crippen LogP contribution in [-0.2, 0) is 9.59 Å². The number of nitrogens with one attached hydrogen (secondary N) is 1. The zero-order valence-electron chi connectivity index (χ0n) is 12.4. The van der Waals surface area contributed by atoms with Crippen molar-refractivity contribution in [2.45, 2.75) is 26.2 Å². The molecule has 2 N–H and O–H groups in total. The molecule has 22 heavy (non-hydrogen) atoms. The van der Waals surface area contributed by atoms with Crippen LogP contribution < -0.4 is 5.32 Å². The number of amides is 2. The average molecular weight is 314 g/mol. The van der Waals surface area contributed by atoms with Crippen LogP contribution >= 0.6 is 0 Å². The van der Waals surface area contributed by atoms with E-state index in [4.69, 9.17) is 5.11 Å². The Morgan fingerprint density at radius 3 is 2.59 bits per heavy atom. The van der Waals surface area contributed by atoms with E-state index >= 15 is 0 Å². The van der Waals surface area contributed by atoms with E-state index in [0.29, 0.717) is 13.0 Å². The molecule has 1 rings (SSSR count). The lowest BCUT2D eigenvalue weighted by atomic mass is 10.2. The summed E-state index contributed by atoms with van der Waals surface area (Å²) in [6.07, 6.45) is 2.53. The topological polar surface area (TPSA) is 69.6 Å². The van der Waals surface area contributed by atoms with Gasteiger partial charge in [-0.05, 0) is 18.6 Å². The summed E-state index contributed by atoms with van der Waals surface area (Å²) in [6.45, 7) is 2.06. The first kappa shape index (κ1) is 18.0. The number of benzene rings is 1. The number of rotatable bonds is 7. The molecule has 0 aliphatic heterocycles. The summed E-state index contributed by atoms with van der Waals surface area (Å²) >= 11 is 0. The van der Waals surface area contributed by atoms with E-state index in [1.54, 1.807) is 0 Å². The summed E-state index contributed by atoms with van der Waals surface area (Å²) < 4.78 is 26.5. The van der Waals surface area contributed by atoms with Crippen LogP contribution in [0.25, 0.3) is 0 Å². The summed E-state index contributed by atoms with van der Waals surface area (Å²) in [5.41, 5.74) is -0.393. The average Bonchev–Trinajstić information content (AvgIpc) is 2.50. The maximum atomic E-state index is 13.5. The molecule has 122 valence electrons. The Morgan fingerprint density at radius 1 is 1.23 bits per heavy atom. The van der Waals surface area contributed by atoms with Gasteiger partial charge in [0.05, 0.1) is 12.3 Å². The maximum Gasteiger partial charge on any atom is 0.313 e. The Balaban J connectivity index is 2.72. The minimum atomic E-state index is -1.22. The molecule has 0 heterocycles. The fourth-order valence-electron chi connectivity index (χ4n) is 1.91. The Hall–Kier alpha value is -2.02. The van der Waals surface area contributed by atoms with Gasteiger partial charge in [0.1, 0.15) is 0 Å². The van der Waals surface area contributed by atoms with Crippen LogP contribution in [0.3, 0.4) is 0 Å². The number of halogens is 2. The molecular weight excluding hydrogens is 294 g/mol. The molecule has 0 radical (unpaired) electrons. The normalized spacial score (nSPS) is 10.4. The highest BCUT2D eigenvalue weighted by molar-refractivity contribution is 6.39. The second-order valence-electron chi connectivity index (χ2n) is 4.78. The van der Waals surface area contributed by atoms with E-state index in [1.165, 1.54) is 11.0 Å². The van der Waals surface area contributed by atoms with Gasteiger partial charge in [-0.3, -0.25) is 9.59 Å². The molecule has 0 saturated heterocycles. The molecule has 0 saturated carbocycles. The minimum Gasteiger partial charge on any atom is -0.395 e.